The summed E-state index contributed by atoms with van der Waals surface area (Å²) in [4.78, 5) is 13.1. The minimum Gasteiger partial charge on any atom is -0.349 e. The molecule has 1 heterocycles. The Morgan fingerprint density at radius 3 is 2.21 bits per heavy atom. The number of piperidine rings is 1. The standard InChI is InChI=1S/C23H30N2O3S/c1-16-6-9-21(10-7-16)29(27,28)25-13-11-20(12-14-25)23(26)24-19(4)22-15-17(2)5-8-18(22)3/h5-10,15,19-20H,11-14H2,1-4H3,(H,24,26)/t19-/m0/s1. The number of rotatable bonds is 5. The first-order chi connectivity index (χ1) is 13.7. The average molecular weight is 415 g/mol. The molecule has 0 unspecified atom stereocenters. The van der Waals surface area contributed by atoms with Crippen LogP contribution in [0.15, 0.2) is 47.4 Å². The molecule has 0 bridgehead atoms. The van der Waals surface area contributed by atoms with Crippen LogP contribution in [0.5, 0.6) is 0 Å². The smallest absolute Gasteiger partial charge is 0.243 e. The van der Waals surface area contributed by atoms with Crippen molar-refractivity contribution < 1.29 is 13.2 Å². The van der Waals surface area contributed by atoms with Crippen molar-refractivity contribution in [3.63, 3.8) is 0 Å². The quantitative estimate of drug-likeness (QED) is 0.807. The molecule has 6 heteroatoms. The van der Waals surface area contributed by atoms with E-state index in [9.17, 15) is 13.2 Å². The van der Waals surface area contributed by atoms with Crippen LogP contribution >= 0.6 is 0 Å². The SMILES string of the molecule is Cc1ccc(S(=O)(=O)N2CCC(C(=O)N[C@@H](C)c3cc(C)ccc3C)CC2)cc1. The Balaban J connectivity index is 1.60. The third kappa shape index (κ3) is 4.87. The van der Waals surface area contributed by atoms with Crippen molar-refractivity contribution in [3.8, 4) is 0 Å². The van der Waals surface area contributed by atoms with Gasteiger partial charge in [-0.1, -0.05) is 41.5 Å². The predicted octanol–water partition coefficient (Wildman–Crippen LogP) is 3.89. The van der Waals surface area contributed by atoms with Crippen molar-refractivity contribution in [2.45, 2.75) is 51.5 Å². The Labute approximate surface area is 174 Å². The van der Waals surface area contributed by atoms with Gasteiger partial charge in [-0.3, -0.25) is 4.79 Å². The topological polar surface area (TPSA) is 66.5 Å². The second-order valence-electron chi connectivity index (χ2n) is 8.08. The van der Waals surface area contributed by atoms with Crippen LogP contribution in [0.25, 0.3) is 0 Å². The zero-order chi connectivity index (χ0) is 21.2. The zero-order valence-corrected chi connectivity index (χ0v) is 18.4. The van der Waals surface area contributed by atoms with Gasteiger partial charge in [0.2, 0.25) is 15.9 Å². The Morgan fingerprint density at radius 1 is 1.00 bits per heavy atom. The van der Waals surface area contributed by atoms with E-state index in [-0.39, 0.29) is 17.9 Å². The van der Waals surface area contributed by atoms with Crippen molar-refractivity contribution >= 4 is 15.9 Å². The number of amides is 1. The molecule has 1 aliphatic heterocycles. The van der Waals surface area contributed by atoms with Crippen LogP contribution in [0.2, 0.25) is 0 Å². The molecule has 1 saturated heterocycles. The molecule has 0 spiro atoms. The molecule has 1 amide bonds. The number of aryl methyl sites for hydroxylation is 3. The molecule has 0 aromatic heterocycles. The molecule has 2 aromatic carbocycles. The number of hydrogen-bond acceptors (Lipinski definition) is 3. The van der Waals surface area contributed by atoms with Gasteiger partial charge in [0.05, 0.1) is 10.9 Å². The van der Waals surface area contributed by atoms with Crippen molar-refractivity contribution in [1.82, 2.24) is 9.62 Å². The van der Waals surface area contributed by atoms with E-state index in [2.05, 4.69) is 23.5 Å². The molecule has 0 radical (unpaired) electrons. The van der Waals surface area contributed by atoms with Gasteiger partial charge < -0.3 is 5.32 Å². The molecule has 1 atom stereocenters. The lowest BCUT2D eigenvalue weighted by atomic mass is 9.95. The highest BCUT2D eigenvalue weighted by atomic mass is 32.2. The van der Waals surface area contributed by atoms with E-state index in [4.69, 9.17) is 0 Å². The van der Waals surface area contributed by atoms with E-state index in [1.54, 1.807) is 12.1 Å². The van der Waals surface area contributed by atoms with Crippen LogP contribution in [-0.2, 0) is 14.8 Å². The second kappa shape index (κ2) is 8.67. The Morgan fingerprint density at radius 2 is 1.59 bits per heavy atom. The molecule has 3 rings (SSSR count). The summed E-state index contributed by atoms with van der Waals surface area (Å²) in [5.41, 5.74) is 4.47. The first-order valence-electron chi connectivity index (χ1n) is 10.1. The third-order valence-corrected chi connectivity index (χ3v) is 7.66. The van der Waals surface area contributed by atoms with Crippen LogP contribution in [0.3, 0.4) is 0 Å². The minimum atomic E-state index is -3.50. The van der Waals surface area contributed by atoms with Crippen LogP contribution in [-0.4, -0.2) is 31.7 Å². The first-order valence-corrected chi connectivity index (χ1v) is 11.6. The van der Waals surface area contributed by atoms with Crippen LogP contribution < -0.4 is 5.32 Å². The summed E-state index contributed by atoms with van der Waals surface area (Å²) in [5, 5.41) is 3.12. The number of hydrogen-bond donors (Lipinski definition) is 1. The molecule has 5 nitrogen and oxygen atoms in total. The van der Waals surface area contributed by atoms with Crippen molar-refractivity contribution in [2.24, 2.45) is 5.92 Å². The van der Waals surface area contributed by atoms with Gasteiger partial charge in [-0.05, 0) is 63.8 Å². The molecule has 0 aliphatic carbocycles. The van der Waals surface area contributed by atoms with E-state index in [0.29, 0.717) is 30.8 Å². The van der Waals surface area contributed by atoms with Crippen LogP contribution in [0.1, 0.15) is 48.1 Å². The minimum absolute atomic E-state index is 0.00536. The van der Waals surface area contributed by atoms with E-state index < -0.39 is 10.0 Å². The molecule has 1 N–H and O–H groups in total. The van der Waals surface area contributed by atoms with Crippen molar-refractivity contribution in [3.05, 3.63) is 64.7 Å². The summed E-state index contributed by atoms with van der Waals surface area (Å²) in [5.74, 6) is -0.155. The maximum absolute atomic E-state index is 12.8. The van der Waals surface area contributed by atoms with Gasteiger partial charge in [0.25, 0.3) is 0 Å². The predicted molar refractivity (Wildman–Crippen MR) is 115 cm³/mol. The van der Waals surface area contributed by atoms with Crippen LogP contribution in [0, 0.1) is 26.7 Å². The molecule has 2 aromatic rings. The molecule has 156 valence electrons. The molecule has 1 fully saturated rings. The van der Waals surface area contributed by atoms with Gasteiger partial charge in [0.15, 0.2) is 0 Å². The van der Waals surface area contributed by atoms with Gasteiger partial charge in [0, 0.05) is 19.0 Å². The Kier molecular flexibility index (Phi) is 6.44. The molecule has 0 saturated carbocycles. The second-order valence-corrected chi connectivity index (χ2v) is 10.0. The summed E-state index contributed by atoms with van der Waals surface area (Å²) < 4.78 is 27.2. The van der Waals surface area contributed by atoms with Gasteiger partial charge in [-0.2, -0.15) is 4.31 Å². The average Bonchev–Trinajstić information content (AvgIpc) is 2.70. The Bertz CT molecular complexity index is 976. The molecule has 1 aliphatic rings. The first kappa shape index (κ1) is 21.5. The van der Waals surface area contributed by atoms with Crippen molar-refractivity contribution in [1.29, 1.82) is 0 Å². The fourth-order valence-electron chi connectivity index (χ4n) is 3.85. The van der Waals surface area contributed by atoms with E-state index in [1.807, 2.05) is 39.8 Å². The third-order valence-electron chi connectivity index (χ3n) is 5.74. The van der Waals surface area contributed by atoms with E-state index >= 15 is 0 Å². The maximum Gasteiger partial charge on any atom is 0.243 e. The molecular formula is C23H30N2O3S. The van der Waals surface area contributed by atoms with Gasteiger partial charge in [0.1, 0.15) is 0 Å². The summed E-state index contributed by atoms with van der Waals surface area (Å²) in [6.45, 7) is 8.75. The van der Waals surface area contributed by atoms with Gasteiger partial charge in [-0.15, -0.1) is 0 Å². The zero-order valence-electron chi connectivity index (χ0n) is 17.6. The summed E-state index contributed by atoms with van der Waals surface area (Å²) in [7, 11) is -3.50. The fourth-order valence-corrected chi connectivity index (χ4v) is 5.32. The number of carbonyl (C=O) groups is 1. The highest BCUT2D eigenvalue weighted by Crippen LogP contribution is 2.25. The van der Waals surface area contributed by atoms with Crippen LogP contribution in [0.4, 0.5) is 0 Å². The number of nitrogens with zero attached hydrogens (tertiary/aromatic N) is 1. The fraction of sp³-hybridized carbons (Fsp3) is 0.435. The normalized spacial score (nSPS) is 17.1. The number of carbonyl (C=O) groups excluding carboxylic acids is 1. The summed E-state index contributed by atoms with van der Waals surface area (Å²) in [6.07, 6.45) is 1.08. The lowest BCUT2D eigenvalue weighted by molar-refractivity contribution is -0.126. The number of nitrogens with one attached hydrogen (secondary N) is 1. The molecular weight excluding hydrogens is 384 g/mol. The lowest BCUT2D eigenvalue weighted by Crippen LogP contribution is -2.43. The maximum atomic E-state index is 12.8. The van der Waals surface area contributed by atoms with Gasteiger partial charge >= 0.3 is 0 Å². The van der Waals surface area contributed by atoms with E-state index in [1.165, 1.54) is 9.87 Å². The highest BCUT2D eigenvalue weighted by molar-refractivity contribution is 7.89. The number of sulfonamides is 1. The monoisotopic (exact) mass is 414 g/mol. The molecule has 29 heavy (non-hydrogen) atoms. The van der Waals surface area contributed by atoms with Crippen molar-refractivity contribution in [2.75, 3.05) is 13.1 Å². The van der Waals surface area contributed by atoms with Gasteiger partial charge in [-0.25, -0.2) is 8.42 Å². The summed E-state index contributed by atoms with van der Waals surface area (Å²) >= 11 is 0. The largest absolute Gasteiger partial charge is 0.349 e. The summed E-state index contributed by atoms with van der Waals surface area (Å²) in [6, 6.07) is 13.1. The lowest BCUT2D eigenvalue weighted by Gasteiger charge is -2.31. The highest BCUT2D eigenvalue weighted by Gasteiger charge is 2.32. The number of benzene rings is 2. The van der Waals surface area contributed by atoms with E-state index in [0.717, 1.165) is 16.7 Å². The Hall–Kier alpha value is -2.18.